The summed E-state index contributed by atoms with van der Waals surface area (Å²) in [5, 5.41) is 58.3. The van der Waals surface area contributed by atoms with Crippen molar-refractivity contribution in [3.63, 3.8) is 0 Å². The number of hydrogen-bond acceptors (Lipinski definition) is 16. The molecule has 0 saturated carbocycles. The predicted octanol–water partition coefficient (Wildman–Crippen LogP) is -2.22. The first-order chi connectivity index (χ1) is 26.3. The van der Waals surface area contributed by atoms with E-state index in [1.807, 2.05) is 4.90 Å². The van der Waals surface area contributed by atoms with Gasteiger partial charge in [-0.05, 0) is 12.1 Å². The molecule has 0 bridgehead atoms. The number of hydrogen-bond donors (Lipinski definition) is 7. The molecule has 9 atom stereocenters. The van der Waals surface area contributed by atoms with E-state index >= 15 is 0 Å². The summed E-state index contributed by atoms with van der Waals surface area (Å²) < 4.78 is 90.3. The van der Waals surface area contributed by atoms with Crippen LogP contribution in [0.2, 0.25) is 0 Å². The third-order valence-corrected chi connectivity index (χ3v) is 9.04. The topological polar surface area (TPSA) is 277 Å². The number of anilines is 1. The Morgan fingerprint density at radius 1 is 0.964 bits per heavy atom. The molecule has 6 rings (SSSR count). The molecule has 20 nitrogen and oxygen atoms in total. The van der Waals surface area contributed by atoms with E-state index in [2.05, 4.69) is 25.2 Å². The molecule has 3 fully saturated rings. The Morgan fingerprint density at radius 3 is 2.20 bits per heavy atom. The second kappa shape index (κ2) is 17.3. The highest BCUT2D eigenvalue weighted by Gasteiger charge is 2.52. The summed E-state index contributed by atoms with van der Waals surface area (Å²) in [7, 11) is 0. The number of carboxylic acids is 1. The second-order valence-corrected chi connectivity index (χ2v) is 12.7. The summed E-state index contributed by atoms with van der Waals surface area (Å²) >= 11 is 0. The van der Waals surface area contributed by atoms with Crippen LogP contribution in [0.4, 0.5) is 32.2 Å². The van der Waals surface area contributed by atoms with Crippen LogP contribution in [-0.4, -0.2) is 154 Å². The first-order valence-corrected chi connectivity index (χ1v) is 16.7. The fourth-order valence-corrected chi connectivity index (χ4v) is 6.01. The molecule has 3 aliphatic heterocycles. The van der Waals surface area contributed by atoms with Gasteiger partial charge in [-0.25, -0.2) is 14.6 Å². The number of aromatic amines is 1. The number of H-pyrrole nitrogens is 1. The number of aliphatic hydroxyl groups is 4. The van der Waals surface area contributed by atoms with Crippen molar-refractivity contribution in [3.8, 4) is 0 Å². The largest absolute Gasteiger partial charge is 0.490 e. The van der Waals surface area contributed by atoms with Gasteiger partial charge in [-0.15, -0.1) is 5.10 Å². The van der Waals surface area contributed by atoms with Gasteiger partial charge in [0, 0.05) is 57.7 Å². The zero-order chi connectivity index (χ0) is 41.1. The van der Waals surface area contributed by atoms with Crippen LogP contribution in [0, 0.1) is 0 Å². The van der Waals surface area contributed by atoms with E-state index in [9.17, 15) is 56.4 Å². The molecule has 0 radical (unpaired) electrons. The van der Waals surface area contributed by atoms with Gasteiger partial charge in [0.15, 0.2) is 12.5 Å². The number of carbonyl (C=O) groups is 1. The number of ether oxygens (including phenoxy) is 3. The van der Waals surface area contributed by atoms with Gasteiger partial charge in [-0.2, -0.15) is 26.3 Å². The first kappa shape index (κ1) is 42.6. The van der Waals surface area contributed by atoms with Gasteiger partial charge in [0.05, 0.1) is 18.3 Å². The standard InChI is InChI=1S/C28H36F3N9O9.C2HF3O2/c29-28(30,31)14-1-2-17(33-12-14)38-8-5-37(6-9-38)7-10-39-13-15(35-36-39)23(49-26-22(45)19(42)16(11-32)47-26)24-20(43)21(44)25(48-24)40-4-3-18(41)34-27(40)46;3-2(4,5)1(6)7/h1-4,12-13,16,19-26,42-45H,5-11,32H2,(H,34,41,46);(H,6,7)/t16-,19-,20+,21-,22-,23+,24+,25-,26+;/m1./s1. The molecule has 3 aromatic rings. The van der Waals surface area contributed by atoms with E-state index < -0.39 is 90.4 Å². The molecule has 0 aromatic carbocycles. The predicted molar refractivity (Wildman–Crippen MR) is 172 cm³/mol. The van der Waals surface area contributed by atoms with Crippen molar-refractivity contribution in [2.24, 2.45) is 5.73 Å². The van der Waals surface area contributed by atoms with Crippen LogP contribution in [-0.2, 0) is 31.7 Å². The van der Waals surface area contributed by atoms with Gasteiger partial charge in [0.25, 0.3) is 5.56 Å². The van der Waals surface area contributed by atoms with Crippen LogP contribution in [0.1, 0.15) is 23.6 Å². The zero-order valence-corrected chi connectivity index (χ0v) is 28.8. The number of aliphatic hydroxyl groups excluding tert-OH is 4. The summed E-state index contributed by atoms with van der Waals surface area (Å²) in [4.78, 5) is 42.9. The second-order valence-electron chi connectivity index (χ2n) is 12.7. The summed E-state index contributed by atoms with van der Waals surface area (Å²) in [5.74, 6) is -2.30. The number of halogens is 6. The highest BCUT2D eigenvalue weighted by Crippen LogP contribution is 2.39. The lowest BCUT2D eigenvalue weighted by Gasteiger charge is -2.35. The van der Waals surface area contributed by atoms with Gasteiger partial charge < -0.3 is 50.4 Å². The van der Waals surface area contributed by atoms with Crippen LogP contribution in [0.5, 0.6) is 0 Å². The van der Waals surface area contributed by atoms with Crippen molar-refractivity contribution in [1.29, 1.82) is 0 Å². The lowest BCUT2D eigenvalue weighted by molar-refractivity contribution is -0.224. The Labute approximate surface area is 310 Å². The van der Waals surface area contributed by atoms with Gasteiger partial charge in [0.1, 0.15) is 54.2 Å². The van der Waals surface area contributed by atoms with Crippen molar-refractivity contribution in [1.82, 2.24) is 34.4 Å². The lowest BCUT2D eigenvalue weighted by atomic mass is 10.0. The number of piperazine rings is 1. The summed E-state index contributed by atoms with van der Waals surface area (Å²) in [6.45, 7) is 3.01. The maximum atomic E-state index is 12.9. The number of rotatable bonds is 10. The van der Waals surface area contributed by atoms with E-state index in [1.54, 1.807) is 0 Å². The molecule has 310 valence electrons. The van der Waals surface area contributed by atoms with Crippen molar-refractivity contribution in [2.45, 2.75) is 74.1 Å². The van der Waals surface area contributed by atoms with Gasteiger partial charge in [-0.3, -0.25) is 23.9 Å². The average Bonchev–Trinajstić information content (AvgIpc) is 3.81. The Bertz CT molecular complexity index is 1890. The van der Waals surface area contributed by atoms with Gasteiger partial charge >= 0.3 is 24.0 Å². The van der Waals surface area contributed by atoms with Crippen LogP contribution >= 0.6 is 0 Å². The Balaban J connectivity index is 0.000000784. The monoisotopic (exact) mass is 813 g/mol. The fraction of sp³-hybridized carbons (Fsp3) is 0.600. The van der Waals surface area contributed by atoms with Gasteiger partial charge in [-0.1, -0.05) is 5.21 Å². The molecule has 0 unspecified atom stereocenters. The number of carboxylic acid groups (broad SMARTS) is 1. The Morgan fingerprint density at radius 2 is 1.64 bits per heavy atom. The lowest BCUT2D eigenvalue weighted by Crippen LogP contribution is -2.47. The zero-order valence-electron chi connectivity index (χ0n) is 28.8. The minimum absolute atomic E-state index is 0.102. The van der Waals surface area contributed by atoms with Gasteiger partial charge in [0.2, 0.25) is 0 Å². The van der Waals surface area contributed by atoms with Crippen LogP contribution in [0.25, 0.3) is 0 Å². The van der Waals surface area contributed by atoms with Crippen LogP contribution < -0.4 is 21.9 Å². The summed E-state index contributed by atoms with van der Waals surface area (Å²) in [6.07, 6.45) is -19.0. The molecule has 3 aliphatic rings. The number of pyridine rings is 1. The fourth-order valence-electron chi connectivity index (χ4n) is 6.01. The normalized spacial score (nSPS) is 27.9. The molecular weight excluding hydrogens is 776 g/mol. The minimum atomic E-state index is -5.08. The number of aromatic nitrogens is 6. The number of nitrogens with zero attached hydrogens (tertiary/aromatic N) is 7. The molecule has 8 N–H and O–H groups in total. The van der Waals surface area contributed by atoms with E-state index in [4.69, 9.17) is 29.8 Å². The van der Waals surface area contributed by atoms with E-state index in [0.717, 1.165) is 29.1 Å². The molecule has 6 heterocycles. The molecule has 0 spiro atoms. The smallest absolute Gasteiger partial charge is 0.475 e. The van der Waals surface area contributed by atoms with E-state index in [-0.39, 0.29) is 12.2 Å². The number of nitrogens with one attached hydrogen (secondary N) is 1. The third-order valence-electron chi connectivity index (χ3n) is 9.04. The molecule has 0 aliphatic carbocycles. The quantitative estimate of drug-likeness (QED) is 0.107. The number of aliphatic carboxylic acids is 1. The molecule has 56 heavy (non-hydrogen) atoms. The minimum Gasteiger partial charge on any atom is -0.475 e. The molecular formula is C30H37F6N9O11. The maximum Gasteiger partial charge on any atom is 0.490 e. The number of alkyl halides is 6. The molecule has 26 heteroatoms. The summed E-state index contributed by atoms with van der Waals surface area (Å²) in [6, 6.07) is 3.40. The van der Waals surface area contributed by atoms with Crippen molar-refractivity contribution < 1.29 is 70.9 Å². The molecule has 3 saturated heterocycles. The van der Waals surface area contributed by atoms with E-state index in [0.29, 0.717) is 45.1 Å². The Hall–Kier alpha value is -4.54. The van der Waals surface area contributed by atoms with Crippen molar-refractivity contribution in [3.05, 3.63) is 68.9 Å². The average molecular weight is 814 g/mol. The number of nitrogens with two attached hydrogens (primary N) is 1. The highest BCUT2D eigenvalue weighted by atomic mass is 19.4. The maximum absolute atomic E-state index is 12.9. The van der Waals surface area contributed by atoms with Crippen molar-refractivity contribution >= 4 is 11.8 Å². The summed E-state index contributed by atoms with van der Waals surface area (Å²) in [5.41, 5.74) is 3.35. The Kier molecular flexibility index (Phi) is 13.2. The molecule has 0 amide bonds. The third kappa shape index (κ3) is 9.87. The molecule has 3 aromatic heterocycles. The van der Waals surface area contributed by atoms with Crippen LogP contribution in [0.3, 0.4) is 0 Å². The van der Waals surface area contributed by atoms with Crippen LogP contribution in [0.15, 0.2) is 46.4 Å². The first-order valence-electron chi connectivity index (χ1n) is 16.7. The SMILES string of the molecule is NC[C@H]1O[C@@H](O[C@@H](c2cn(CCN3CCN(c4ccc(C(F)(F)F)cn4)CC3)nn2)[C@H]2O[C@@H](n3ccc(=O)[nH]c3=O)[C@H](O)[C@@H]2O)[C@H](O)[C@@H]1O.O=C(O)C(F)(F)F. The highest BCUT2D eigenvalue weighted by molar-refractivity contribution is 5.73. The van der Waals surface area contributed by atoms with E-state index in [1.165, 1.54) is 16.9 Å². The van der Waals surface area contributed by atoms with Crippen molar-refractivity contribution in [2.75, 3.05) is 44.2 Å².